The van der Waals surface area contributed by atoms with Crippen LogP contribution in [0, 0.1) is 0 Å². The quantitative estimate of drug-likeness (QED) is 0.787. The number of nitrogens with zero attached hydrogens (tertiary/aromatic N) is 1. The monoisotopic (exact) mass is 357 g/mol. The Morgan fingerprint density at radius 3 is 2.71 bits per heavy atom. The Labute approximate surface area is 148 Å². The summed E-state index contributed by atoms with van der Waals surface area (Å²) in [5, 5.41) is 12.9. The van der Waals surface area contributed by atoms with Crippen molar-refractivity contribution in [3.05, 3.63) is 69.0 Å². The molecule has 1 aliphatic rings. The van der Waals surface area contributed by atoms with Gasteiger partial charge in [0.1, 0.15) is 16.4 Å². The minimum atomic E-state index is -0.563. The van der Waals surface area contributed by atoms with E-state index in [9.17, 15) is 9.90 Å². The Balaban J connectivity index is 2.02. The van der Waals surface area contributed by atoms with Gasteiger partial charge in [-0.3, -0.25) is 0 Å². The van der Waals surface area contributed by atoms with E-state index in [-0.39, 0.29) is 17.9 Å². The minimum absolute atomic E-state index is 0.0819. The average Bonchev–Trinajstić information content (AvgIpc) is 3.18. The number of benzene rings is 1. The van der Waals surface area contributed by atoms with Crippen LogP contribution >= 0.6 is 23.1 Å². The van der Waals surface area contributed by atoms with Crippen LogP contribution in [-0.4, -0.2) is 22.7 Å². The van der Waals surface area contributed by atoms with Crippen molar-refractivity contribution in [2.45, 2.75) is 6.92 Å². The van der Waals surface area contributed by atoms with Gasteiger partial charge >= 0.3 is 5.97 Å². The highest BCUT2D eigenvalue weighted by Gasteiger charge is 2.33. The van der Waals surface area contributed by atoms with E-state index in [0.717, 1.165) is 4.88 Å². The van der Waals surface area contributed by atoms with Gasteiger partial charge in [0.25, 0.3) is 0 Å². The lowest BCUT2D eigenvalue weighted by Crippen LogP contribution is -2.12. The lowest BCUT2D eigenvalue weighted by molar-refractivity contribution is -0.138. The molecule has 0 aliphatic carbocycles. The van der Waals surface area contributed by atoms with Crippen molar-refractivity contribution >= 4 is 45.9 Å². The lowest BCUT2D eigenvalue weighted by atomic mass is 10.2. The molecule has 6 heteroatoms. The van der Waals surface area contributed by atoms with Gasteiger partial charge in [0.2, 0.25) is 0 Å². The van der Waals surface area contributed by atoms with E-state index < -0.39 is 5.97 Å². The normalized spacial score (nSPS) is 17.7. The third kappa shape index (κ3) is 3.60. The molecule has 2 heterocycles. The van der Waals surface area contributed by atoms with Crippen molar-refractivity contribution in [2.24, 2.45) is 4.99 Å². The molecule has 3 rings (SSSR count). The molecule has 0 unspecified atom stereocenters. The number of hydrogen-bond donors (Lipinski definition) is 1. The summed E-state index contributed by atoms with van der Waals surface area (Å²) in [7, 11) is 0. The third-order valence-electron chi connectivity index (χ3n) is 3.17. The molecule has 0 radical (unpaired) electrons. The smallest absolute Gasteiger partial charge is 0.344 e. The van der Waals surface area contributed by atoms with Crippen molar-refractivity contribution < 1.29 is 14.6 Å². The molecule has 1 N–H and O–H groups in total. The first-order valence-electron chi connectivity index (χ1n) is 7.37. The van der Waals surface area contributed by atoms with Gasteiger partial charge in [0.05, 0.1) is 17.2 Å². The number of carbonyl (C=O) groups excluding carboxylic acids is 1. The third-order valence-corrected chi connectivity index (χ3v) is 5.01. The maximum Gasteiger partial charge on any atom is 0.344 e. The number of hydrogen-bond acceptors (Lipinski definition) is 6. The Morgan fingerprint density at radius 1 is 1.25 bits per heavy atom. The SMILES string of the molecule is CCOC(=O)C1=C(O)/C(=C\c2cccs2)SC1=Nc1ccccc1. The van der Waals surface area contributed by atoms with Crippen LogP contribution in [0.15, 0.2) is 69.1 Å². The molecule has 0 fully saturated rings. The minimum Gasteiger partial charge on any atom is -0.506 e. The summed E-state index contributed by atoms with van der Waals surface area (Å²) < 4.78 is 5.07. The molecule has 0 bridgehead atoms. The fourth-order valence-electron chi connectivity index (χ4n) is 2.11. The first-order valence-corrected chi connectivity index (χ1v) is 9.06. The first kappa shape index (κ1) is 16.5. The number of carbonyl (C=O) groups is 1. The van der Waals surface area contributed by atoms with Crippen LogP contribution in [0.4, 0.5) is 5.69 Å². The summed E-state index contributed by atoms with van der Waals surface area (Å²) >= 11 is 2.82. The number of rotatable bonds is 4. The maximum atomic E-state index is 12.2. The molecular weight excluding hydrogens is 342 g/mol. The maximum absolute atomic E-state index is 12.2. The Bertz CT molecular complexity index is 821. The lowest BCUT2D eigenvalue weighted by Gasteiger charge is -2.03. The summed E-state index contributed by atoms with van der Waals surface area (Å²) in [6, 6.07) is 13.2. The van der Waals surface area contributed by atoms with E-state index >= 15 is 0 Å². The van der Waals surface area contributed by atoms with Crippen LogP contribution in [-0.2, 0) is 9.53 Å². The molecule has 0 saturated heterocycles. The zero-order chi connectivity index (χ0) is 16.9. The summed E-state index contributed by atoms with van der Waals surface area (Å²) in [4.78, 5) is 18.3. The molecule has 4 nitrogen and oxygen atoms in total. The van der Waals surface area contributed by atoms with Gasteiger partial charge in [-0.25, -0.2) is 9.79 Å². The number of thioether (sulfide) groups is 1. The second-order valence-corrected chi connectivity index (χ2v) is 6.83. The number of esters is 1. The molecule has 0 spiro atoms. The molecular formula is C18H15NO3S2. The van der Waals surface area contributed by atoms with E-state index in [2.05, 4.69) is 4.99 Å². The number of aliphatic hydroxyl groups is 1. The predicted molar refractivity (Wildman–Crippen MR) is 99.7 cm³/mol. The highest BCUT2D eigenvalue weighted by molar-refractivity contribution is 8.18. The summed E-state index contributed by atoms with van der Waals surface area (Å²) in [5.74, 6) is -0.645. The Hall–Kier alpha value is -2.31. The number of aliphatic hydroxyl groups excluding tert-OH is 1. The number of thiophene rings is 1. The first-order chi connectivity index (χ1) is 11.7. The van der Waals surface area contributed by atoms with E-state index in [1.807, 2.05) is 53.9 Å². The van der Waals surface area contributed by atoms with Gasteiger partial charge in [-0.2, -0.15) is 0 Å². The molecule has 1 aromatic carbocycles. The van der Waals surface area contributed by atoms with Gasteiger partial charge in [0, 0.05) is 4.88 Å². The summed E-state index contributed by atoms with van der Waals surface area (Å²) in [6.07, 6.45) is 1.84. The van der Waals surface area contributed by atoms with Crippen molar-refractivity contribution in [1.82, 2.24) is 0 Å². The number of para-hydroxylation sites is 1. The highest BCUT2D eigenvalue weighted by atomic mass is 32.2. The van der Waals surface area contributed by atoms with Crippen molar-refractivity contribution in [1.29, 1.82) is 0 Å². The molecule has 0 amide bonds. The highest BCUT2D eigenvalue weighted by Crippen LogP contribution is 2.40. The molecule has 0 atom stereocenters. The zero-order valence-corrected chi connectivity index (χ0v) is 14.6. The molecule has 2 aromatic rings. The zero-order valence-electron chi connectivity index (χ0n) is 12.9. The van der Waals surface area contributed by atoms with E-state index in [1.165, 1.54) is 11.8 Å². The molecule has 24 heavy (non-hydrogen) atoms. The molecule has 0 saturated carbocycles. The van der Waals surface area contributed by atoms with Crippen molar-refractivity contribution in [3.63, 3.8) is 0 Å². The number of ether oxygens (including phenoxy) is 1. The number of aliphatic imine (C=N–C) groups is 1. The fraction of sp³-hybridized carbons (Fsp3) is 0.111. The summed E-state index contributed by atoms with van der Waals surface area (Å²) in [5.41, 5.74) is 0.834. The van der Waals surface area contributed by atoms with Gasteiger partial charge in [-0.1, -0.05) is 36.0 Å². The summed E-state index contributed by atoms with van der Waals surface area (Å²) in [6.45, 7) is 1.97. The van der Waals surface area contributed by atoms with Crippen molar-refractivity contribution in [2.75, 3.05) is 6.61 Å². The Kier molecular flexibility index (Phi) is 5.17. The van der Waals surface area contributed by atoms with E-state index in [1.54, 1.807) is 18.3 Å². The van der Waals surface area contributed by atoms with Gasteiger partial charge in [-0.05, 0) is 36.6 Å². The van der Waals surface area contributed by atoms with Crippen LogP contribution in [0.3, 0.4) is 0 Å². The van der Waals surface area contributed by atoms with Crippen LogP contribution in [0.1, 0.15) is 11.8 Å². The second kappa shape index (κ2) is 7.51. The molecule has 1 aromatic heterocycles. The largest absolute Gasteiger partial charge is 0.506 e. The second-order valence-electron chi connectivity index (χ2n) is 4.82. The molecule has 122 valence electrons. The van der Waals surface area contributed by atoms with Gasteiger partial charge in [-0.15, -0.1) is 11.3 Å². The van der Waals surface area contributed by atoms with Crippen LogP contribution < -0.4 is 0 Å². The van der Waals surface area contributed by atoms with Gasteiger partial charge < -0.3 is 9.84 Å². The Morgan fingerprint density at radius 2 is 2.04 bits per heavy atom. The van der Waals surface area contributed by atoms with Gasteiger partial charge in [0.15, 0.2) is 0 Å². The van der Waals surface area contributed by atoms with Crippen LogP contribution in [0.5, 0.6) is 0 Å². The van der Waals surface area contributed by atoms with E-state index in [4.69, 9.17) is 4.74 Å². The van der Waals surface area contributed by atoms with Crippen molar-refractivity contribution in [3.8, 4) is 0 Å². The van der Waals surface area contributed by atoms with Crippen LogP contribution in [0.25, 0.3) is 6.08 Å². The van der Waals surface area contributed by atoms with E-state index in [0.29, 0.717) is 15.6 Å². The standard InChI is InChI=1S/C18H15NO3S2/c1-2-22-18(21)15-16(20)14(11-13-9-6-10-23-13)24-17(15)19-12-7-4-3-5-8-12/h3-11,20H,2H2,1H3/b14-11+,19-17?. The average molecular weight is 357 g/mol. The topological polar surface area (TPSA) is 58.9 Å². The van der Waals surface area contributed by atoms with Crippen LogP contribution in [0.2, 0.25) is 0 Å². The molecule has 1 aliphatic heterocycles. The predicted octanol–water partition coefficient (Wildman–Crippen LogP) is 4.94. The fourth-order valence-corrected chi connectivity index (χ4v) is 3.87.